The molecule has 0 saturated heterocycles. The van der Waals surface area contributed by atoms with E-state index in [1.807, 2.05) is 6.92 Å². The van der Waals surface area contributed by atoms with Gasteiger partial charge in [0.2, 0.25) is 17.7 Å². The van der Waals surface area contributed by atoms with E-state index in [9.17, 15) is 29.1 Å². The molecule has 0 aliphatic heterocycles. The molecule has 15 nitrogen and oxygen atoms in total. The Balaban J connectivity index is 1.98. The number of aromatic carboxylic acids is 1. The topological polar surface area (TPSA) is 208 Å². The maximum Gasteiger partial charge on any atom is 0.335 e. The Labute approximate surface area is 288 Å². The number of rotatable bonds is 32. The lowest BCUT2D eigenvalue weighted by Crippen LogP contribution is -2.41. The summed E-state index contributed by atoms with van der Waals surface area (Å²) < 4.78 is 26.7. The molecule has 0 unspecified atom stereocenters. The zero-order chi connectivity index (χ0) is 36.0. The first-order valence-electron chi connectivity index (χ1n) is 17.1. The van der Waals surface area contributed by atoms with Gasteiger partial charge in [0.05, 0.1) is 51.8 Å². The molecule has 5 N–H and O–H groups in total. The fourth-order valence-corrected chi connectivity index (χ4v) is 4.37. The third-order valence-corrected chi connectivity index (χ3v) is 7.03. The molecule has 0 heterocycles. The lowest BCUT2D eigenvalue weighted by atomic mass is 10.1. The molecule has 15 heteroatoms. The van der Waals surface area contributed by atoms with Gasteiger partial charge in [-0.15, -0.1) is 0 Å². The van der Waals surface area contributed by atoms with E-state index in [2.05, 4.69) is 16.0 Å². The maximum atomic E-state index is 12.3. The minimum Gasteiger partial charge on any atom is -0.494 e. The van der Waals surface area contributed by atoms with E-state index in [1.54, 1.807) is 12.1 Å². The number of amides is 3. The first-order valence-corrected chi connectivity index (χ1v) is 17.1. The minimum absolute atomic E-state index is 0.0274. The predicted octanol–water partition coefficient (Wildman–Crippen LogP) is 2.55. The third-order valence-electron chi connectivity index (χ3n) is 7.03. The number of benzene rings is 1. The van der Waals surface area contributed by atoms with Gasteiger partial charge < -0.3 is 49.8 Å². The van der Waals surface area contributed by atoms with Gasteiger partial charge in [0, 0.05) is 32.5 Å². The number of unbranched alkanes of at least 4 members (excludes halogenated alkanes) is 6. The van der Waals surface area contributed by atoms with Gasteiger partial charge in [-0.3, -0.25) is 14.4 Å². The summed E-state index contributed by atoms with van der Waals surface area (Å²) in [4.78, 5) is 58.5. The lowest BCUT2D eigenvalue weighted by Gasteiger charge is -2.14. The summed E-state index contributed by atoms with van der Waals surface area (Å²) in [7, 11) is 0. The molecule has 1 rings (SSSR count). The molecule has 278 valence electrons. The molecule has 0 aromatic heterocycles. The molecular weight excluding hydrogens is 642 g/mol. The van der Waals surface area contributed by atoms with E-state index < -0.39 is 18.0 Å². The molecule has 0 spiro atoms. The van der Waals surface area contributed by atoms with Crippen LogP contribution in [0.2, 0.25) is 0 Å². The molecule has 0 aliphatic carbocycles. The van der Waals surface area contributed by atoms with Gasteiger partial charge in [0.15, 0.2) is 0 Å². The summed E-state index contributed by atoms with van der Waals surface area (Å²) in [6.45, 7) is 5.65. The number of ether oxygens (including phenoxy) is 5. The molecule has 3 amide bonds. The monoisotopic (exact) mass is 697 g/mol. The lowest BCUT2D eigenvalue weighted by molar-refractivity contribution is -0.142. The fourth-order valence-electron chi connectivity index (χ4n) is 4.37. The highest BCUT2D eigenvalue weighted by atomic mass is 16.5. The van der Waals surface area contributed by atoms with Crippen LogP contribution in [0.3, 0.4) is 0 Å². The Kier molecular flexibility index (Phi) is 25.7. The van der Waals surface area contributed by atoms with Gasteiger partial charge in [0.25, 0.3) is 0 Å². The summed E-state index contributed by atoms with van der Waals surface area (Å²) in [6.07, 6.45) is 6.55. The average Bonchev–Trinajstić information content (AvgIpc) is 3.08. The highest BCUT2D eigenvalue weighted by Gasteiger charge is 2.20. The zero-order valence-corrected chi connectivity index (χ0v) is 28.7. The van der Waals surface area contributed by atoms with Crippen molar-refractivity contribution in [3.8, 4) is 5.75 Å². The average molecular weight is 698 g/mol. The normalized spacial score (nSPS) is 11.4. The van der Waals surface area contributed by atoms with Crippen LogP contribution >= 0.6 is 0 Å². The van der Waals surface area contributed by atoms with Crippen LogP contribution in [0.5, 0.6) is 5.75 Å². The number of carbonyl (C=O) groups excluding carboxylic acids is 3. The largest absolute Gasteiger partial charge is 0.494 e. The van der Waals surface area contributed by atoms with E-state index in [-0.39, 0.29) is 75.5 Å². The first-order chi connectivity index (χ1) is 23.7. The smallest absolute Gasteiger partial charge is 0.335 e. The molecule has 1 aromatic rings. The SMILES string of the molecule is CCOCCOCCNC(=O)COCCOCCNC(=O)CC[C@H](NC(=O)CCCCCCCCCOc1ccc(C(=O)O)cc1)C(=O)O. The Morgan fingerprint density at radius 2 is 1.20 bits per heavy atom. The van der Waals surface area contributed by atoms with Crippen LogP contribution in [-0.2, 0) is 38.1 Å². The number of hydrogen-bond donors (Lipinski definition) is 5. The minimum atomic E-state index is -1.19. The van der Waals surface area contributed by atoms with Crippen LogP contribution in [0.1, 0.15) is 81.5 Å². The predicted molar refractivity (Wildman–Crippen MR) is 180 cm³/mol. The van der Waals surface area contributed by atoms with Crippen LogP contribution in [0.25, 0.3) is 0 Å². The van der Waals surface area contributed by atoms with Crippen molar-refractivity contribution < 1.29 is 57.9 Å². The van der Waals surface area contributed by atoms with E-state index in [0.717, 1.165) is 38.5 Å². The van der Waals surface area contributed by atoms with Crippen molar-refractivity contribution in [2.75, 3.05) is 72.6 Å². The van der Waals surface area contributed by atoms with Gasteiger partial charge in [-0.25, -0.2) is 9.59 Å². The standard InChI is InChI=1S/C34H55N3O12/c1-2-45-22-23-46-21-18-36-32(40)26-48-25-24-47-20-17-35-30(38)16-15-29(34(43)44)37-31(39)10-8-6-4-3-5-7-9-19-49-28-13-11-27(12-14-28)33(41)42/h11-14,29H,2-10,15-26H2,1H3,(H,35,38)(H,36,40)(H,37,39)(H,41,42)(H,43,44)/t29-/m0/s1. The molecule has 1 aromatic carbocycles. The van der Waals surface area contributed by atoms with Crippen LogP contribution in [0, 0.1) is 0 Å². The molecule has 0 radical (unpaired) electrons. The molecule has 1 atom stereocenters. The Bertz CT molecular complexity index is 1070. The highest BCUT2D eigenvalue weighted by Crippen LogP contribution is 2.14. The summed E-state index contributed by atoms with van der Waals surface area (Å²) in [5.41, 5.74) is 0.221. The van der Waals surface area contributed by atoms with Crippen molar-refractivity contribution in [1.29, 1.82) is 0 Å². The van der Waals surface area contributed by atoms with Crippen molar-refractivity contribution in [2.24, 2.45) is 0 Å². The van der Waals surface area contributed by atoms with Gasteiger partial charge in [-0.05, 0) is 50.5 Å². The van der Waals surface area contributed by atoms with Crippen LogP contribution in [0.4, 0.5) is 0 Å². The molecule has 0 aliphatic rings. The van der Waals surface area contributed by atoms with Crippen LogP contribution in [0.15, 0.2) is 24.3 Å². The third kappa shape index (κ3) is 24.9. The van der Waals surface area contributed by atoms with Crippen LogP contribution < -0.4 is 20.7 Å². The van der Waals surface area contributed by atoms with Crippen molar-refractivity contribution in [1.82, 2.24) is 16.0 Å². The van der Waals surface area contributed by atoms with Crippen molar-refractivity contribution in [3.63, 3.8) is 0 Å². The van der Waals surface area contributed by atoms with Gasteiger partial charge in [-0.1, -0.05) is 32.1 Å². The molecule has 0 saturated carbocycles. The molecule has 0 bridgehead atoms. The molecule has 49 heavy (non-hydrogen) atoms. The number of carboxylic acid groups (broad SMARTS) is 2. The van der Waals surface area contributed by atoms with E-state index >= 15 is 0 Å². The van der Waals surface area contributed by atoms with Gasteiger partial charge in [0.1, 0.15) is 18.4 Å². The second-order valence-corrected chi connectivity index (χ2v) is 11.1. The fraction of sp³-hybridized carbons (Fsp3) is 0.676. The van der Waals surface area contributed by atoms with Crippen molar-refractivity contribution >= 4 is 29.7 Å². The number of hydrogen-bond acceptors (Lipinski definition) is 10. The van der Waals surface area contributed by atoms with E-state index in [4.69, 9.17) is 28.8 Å². The number of carboxylic acids is 2. The van der Waals surface area contributed by atoms with E-state index in [1.165, 1.54) is 12.1 Å². The van der Waals surface area contributed by atoms with Gasteiger partial charge in [-0.2, -0.15) is 0 Å². The summed E-state index contributed by atoms with van der Waals surface area (Å²) >= 11 is 0. The summed E-state index contributed by atoms with van der Waals surface area (Å²) in [5, 5.41) is 26.2. The molecular formula is C34H55N3O12. The van der Waals surface area contributed by atoms with Crippen LogP contribution in [-0.4, -0.2) is 118 Å². The second-order valence-electron chi connectivity index (χ2n) is 11.1. The quantitative estimate of drug-likeness (QED) is 0.0689. The van der Waals surface area contributed by atoms with E-state index in [0.29, 0.717) is 51.7 Å². The van der Waals surface area contributed by atoms with Gasteiger partial charge >= 0.3 is 11.9 Å². The Morgan fingerprint density at radius 1 is 0.633 bits per heavy atom. The number of carbonyl (C=O) groups is 5. The number of aliphatic carboxylic acids is 1. The Hall–Kier alpha value is -3.79. The Morgan fingerprint density at radius 3 is 1.82 bits per heavy atom. The maximum absolute atomic E-state index is 12.3. The number of nitrogens with one attached hydrogen (secondary N) is 3. The van der Waals surface area contributed by atoms with Crippen molar-refractivity contribution in [3.05, 3.63) is 29.8 Å². The second kappa shape index (κ2) is 29.2. The zero-order valence-electron chi connectivity index (χ0n) is 28.7. The van der Waals surface area contributed by atoms with Crippen molar-refractivity contribution in [2.45, 2.75) is 77.2 Å². The summed E-state index contributed by atoms with van der Waals surface area (Å²) in [6, 6.07) is 5.17. The summed E-state index contributed by atoms with van der Waals surface area (Å²) in [5.74, 6) is -2.47. The highest BCUT2D eigenvalue weighted by molar-refractivity contribution is 5.87. The molecule has 0 fully saturated rings. The first kappa shape index (κ1) is 43.2.